The first kappa shape index (κ1) is 121. The van der Waals surface area contributed by atoms with Crippen LogP contribution in [0.4, 0.5) is 0 Å². The number of carboxylic acids is 2. The van der Waals surface area contributed by atoms with Crippen molar-refractivity contribution in [3.63, 3.8) is 0 Å². The van der Waals surface area contributed by atoms with Gasteiger partial charge in [0.15, 0.2) is 62.9 Å². The van der Waals surface area contributed by atoms with Gasteiger partial charge in [-0.2, -0.15) is 0 Å². The fraction of sp³-hybridized carbons (Fsp3) is 0.981. The maximum absolute atomic E-state index is 13.3. The van der Waals surface area contributed by atoms with Gasteiger partial charge in [-0.1, -0.05) is 201 Å². The van der Waals surface area contributed by atoms with Gasteiger partial charge in [-0.3, -0.25) is 0 Å². The van der Waals surface area contributed by atoms with Crippen LogP contribution >= 0.6 is 0 Å². The summed E-state index contributed by atoms with van der Waals surface area (Å²) < 4.78 is 150. The van der Waals surface area contributed by atoms with E-state index >= 15 is 0 Å². The van der Waals surface area contributed by atoms with Crippen molar-refractivity contribution in [2.75, 3.05) is 6.61 Å². The minimum atomic E-state index is -1.85. The number of aliphatic hydroxyl groups excluding tert-OH is 5. The van der Waals surface area contributed by atoms with Crippen molar-refractivity contribution in [2.24, 2.45) is 124 Å². The SMILES string of the molecule is CCC1O[C@@H](O[C@H]2C(CC)O[C@@H](O[C@H]3C(CC)O[C@@H](O[C@H]4C(C)C(C)[C@@H](O[C@H]5C(C)C(C)[C@@H](O[C@H]6C(CC)O[C@@H](O[C@H]7C(CC)O[C@@H](O[C@H]8C(C)C(C)[C@@H](O[C@H]9C(C)C(C)[C@@H](O[C@H]%10C(CC)O[C@@H](O[C@@H](CC(=O)[O-])[C@H](C)C%11[C@@H](O[C@H]%12C(O)C(O)[C@@H](C)O[C@@H]%12CC)C%11(C)O)C(O)[C@H]%10O)O[C@@H]9C(=O)[O-])O[C@@H]8CO)C(C)[C@H]7C)C(C)[C@H]6C)O[C@@H]5CC)O[C@@H]4CC)C(C)[C@H]3C)C(C)[C@H]2C)C(C)[C@@H](C)[C@H]1C.[Ac].[Ac]. The molecule has 12 aliphatic rings. The monoisotopic (exact) mass is 2400 g/mol. The van der Waals surface area contributed by atoms with Crippen molar-refractivity contribution < 1.29 is 243 Å². The fourth-order valence-corrected chi connectivity index (χ4v) is 24.5. The molecular weight excluding hydrogens is 2220 g/mol. The van der Waals surface area contributed by atoms with E-state index in [9.17, 15) is 50.4 Å². The predicted molar refractivity (Wildman–Crippen MR) is 494 cm³/mol. The largest absolute Gasteiger partial charge is 0.550 e. The van der Waals surface area contributed by atoms with E-state index in [-0.39, 0.29) is 257 Å². The summed E-state index contributed by atoms with van der Waals surface area (Å²) in [6.07, 6.45) is -23.2. The molecule has 24 unspecified atom stereocenters. The maximum Gasteiger partial charge on any atom is 0.186 e. The molecule has 11 saturated heterocycles. The van der Waals surface area contributed by atoms with Crippen LogP contribution in [0, 0.1) is 212 Å². The van der Waals surface area contributed by atoms with E-state index in [0.29, 0.717) is 37.5 Å². The molecule has 34 heteroatoms. The molecule has 12 rings (SSSR count). The molecule has 796 valence electrons. The third-order valence-electron chi connectivity index (χ3n) is 36.3. The number of carboxylic acid groups (broad SMARTS) is 2. The summed E-state index contributed by atoms with van der Waals surface area (Å²) in [5, 5.41) is 93.9. The number of aliphatic carboxylic acids is 2. The van der Waals surface area contributed by atoms with E-state index in [4.69, 9.17) is 104 Å². The van der Waals surface area contributed by atoms with E-state index in [1.807, 2.05) is 20.8 Å². The average molecular weight is 2400 g/mol. The molecule has 0 aromatic carbocycles. The van der Waals surface area contributed by atoms with Gasteiger partial charge in [-0.25, -0.2) is 0 Å². The number of rotatable bonds is 37. The van der Waals surface area contributed by atoms with Gasteiger partial charge >= 0.3 is 0 Å². The Bertz CT molecular complexity index is 3660. The smallest absolute Gasteiger partial charge is 0.186 e. The Labute approximate surface area is 896 Å². The third-order valence-corrected chi connectivity index (χ3v) is 36.3. The molecule has 12 fully saturated rings. The Kier molecular flexibility index (Phi) is 45.3. The van der Waals surface area contributed by atoms with Gasteiger partial charge in [-0.05, 0) is 137 Å². The van der Waals surface area contributed by atoms with Gasteiger partial charge in [-0.15, -0.1) is 0 Å². The van der Waals surface area contributed by atoms with Gasteiger partial charge in [0.1, 0.15) is 48.8 Å². The molecule has 11 aliphatic heterocycles. The minimum absolute atomic E-state index is 0. The summed E-state index contributed by atoms with van der Waals surface area (Å²) in [6.45, 7) is 63.8. The molecule has 32 nitrogen and oxygen atoms in total. The van der Waals surface area contributed by atoms with Crippen LogP contribution in [0.3, 0.4) is 0 Å². The minimum Gasteiger partial charge on any atom is -0.550 e. The van der Waals surface area contributed by atoms with Crippen molar-refractivity contribution >= 4 is 11.9 Å². The quantitative estimate of drug-likeness (QED) is 0.0336. The van der Waals surface area contributed by atoms with Crippen LogP contribution in [0.2, 0.25) is 0 Å². The molecule has 2 radical (unpaired) electrons. The molecule has 0 amide bonds. The van der Waals surface area contributed by atoms with Crippen LogP contribution in [0.1, 0.15) is 279 Å². The number of ether oxygens (including phenoxy) is 22. The molecule has 0 aromatic rings. The second-order valence-electron chi connectivity index (χ2n) is 44.4. The molecule has 0 spiro atoms. The third kappa shape index (κ3) is 25.4. The van der Waals surface area contributed by atoms with Crippen molar-refractivity contribution in [1.82, 2.24) is 0 Å². The summed E-state index contributed by atoms with van der Waals surface area (Å²) in [5.41, 5.74) is -1.55. The van der Waals surface area contributed by atoms with Crippen LogP contribution < -0.4 is 10.2 Å². The first-order valence-corrected chi connectivity index (χ1v) is 53.1. The Morgan fingerprint density at radius 1 is 0.297 bits per heavy atom. The summed E-state index contributed by atoms with van der Waals surface area (Å²) in [4.78, 5) is 25.6. The van der Waals surface area contributed by atoms with E-state index in [1.165, 1.54) is 6.92 Å². The Balaban J connectivity index is 0.00000982. The average Bonchev–Trinajstić information content (AvgIpc) is 1.55. The molecule has 138 heavy (non-hydrogen) atoms. The normalized spacial score (nSPS) is 51.7. The fourth-order valence-electron chi connectivity index (χ4n) is 24.5. The summed E-state index contributed by atoms with van der Waals surface area (Å²) in [7, 11) is 0. The number of carbonyl (C=O) groups excluding carboxylic acids is 2. The van der Waals surface area contributed by atoms with Gasteiger partial charge in [0.05, 0.1) is 140 Å². The molecule has 1 saturated carbocycles. The van der Waals surface area contributed by atoms with Crippen LogP contribution in [0.5, 0.6) is 0 Å². The molecule has 11 heterocycles. The van der Waals surface area contributed by atoms with Gasteiger partial charge in [0.25, 0.3) is 0 Å². The Morgan fingerprint density at radius 2 is 0.536 bits per heavy atom. The van der Waals surface area contributed by atoms with E-state index in [1.54, 1.807) is 34.6 Å². The zero-order valence-electron chi connectivity index (χ0n) is 88.8. The maximum atomic E-state index is 13.3. The van der Waals surface area contributed by atoms with Crippen molar-refractivity contribution in [2.45, 2.75) is 518 Å². The van der Waals surface area contributed by atoms with Crippen LogP contribution in [0.15, 0.2) is 0 Å². The molecule has 0 bridgehead atoms. The topological polar surface area (TPSA) is 405 Å². The molecule has 60 atom stereocenters. The van der Waals surface area contributed by atoms with Crippen molar-refractivity contribution in [1.29, 1.82) is 0 Å². The molecule has 0 aromatic heterocycles. The van der Waals surface area contributed by atoms with Crippen molar-refractivity contribution in [3.05, 3.63) is 0 Å². The molecular formula is C104H180Ac2O32-2. The summed E-state index contributed by atoms with van der Waals surface area (Å²) >= 11 is 0. The van der Waals surface area contributed by atoms with E-state index in [2.05, 4.69) is 152 Å². The second kappa shape index (κ2) is 51.9. The Morgan fingerprint density at radius 3 is 0.841 bits per heavy atom. The van der Waals surface area contributed by atoms with Crippen molar-refractivity contribution in [3.8, 4) is 0 Å². The predicted octanol–water partition coefficient (Wildman–Crippen LogP) is 10.7. The van der Waals surface area contributed by atoms with E-state index in [0.717, 1.165) is 25.7 Å². The van der Waals surface area contributed by atoms with Crippen LogP contribution in [-0.4, -0.2) is 289 Å². The second-order valence-corrected chi connectivity index (χ2v) is 44.4. The summed E-state index contributed by atoms with van der Waals surface area (Å²) in [6, 6.07) is 0. The Hall–Kier alpha value is 0.703. The van der Waals surface area contributed by atoms with E-state index < -0.39 is 214 Å². The standard InChI is InChI=1S/C104H182O32.2Ac/c1-32-64-44(11)43(10)53(20)94(116-64)127-81-45(12)54(21)95(117-65(81)33-2)128-82-46(13)55(22)96(118-66(82)34-3)129-83-47(14)56(23)97(119-67(83)35-4)130-84-48(15)57(24)98(120-68(84)36-5)131-85-49(16)58(25)99(121-69(85)37-6)132-86-50(17)59(26)100(122-70(86)38-7)133-87-51(18)60(27)101(125-74(87)42-105)134-88-52(19)61(28)102(136-91(88)93(112)113)135-90-72(40-9)123-103(80(111)79(90)110)124-73(41-75(106)107)62(29)76-92(104(76,31)114)126-89-71(39-8)115-63(30)77(108)78(89)109;;/h43-74,76-92,94-103,105,108-111,114H,32-42H2,1-31H3,(H,106,107)(H,112,113);;/p-2/t43-,44+,45+,46+,47?,48?,49+,50+,51?,52?,53?,54?,55?,56?,57?,58?,59?,60?,61?,62-,63+,64?,65?,66?,67+,68+,69?,70?,71+,72?,73-,74+,76?,77?,78?,79+,80?,81+,82+,83-,84-,85+,86+,87-,88-,89+,90-,91-,92+,94-,95-,96-,97+,98+,99-,100-,101+,102-,103-,104?;;/m0../s1. The van der Waals surface area contributed by atoms with Crippen LogP contribution in [0.25, 0.3) is 0 Å². The molecule has 1 aliphatic carbocycles. The van der Waals surface area contributed by atoms with Gasteiger partial charge < -0.3 is 155 Å². The summed E-state index contributed by atoms with van der Waals surface area (Å²) in [5.74, 6) is -5.65. The van der Waals surface area contributed by atoms with Crippen LogP contribution in [-0.2, 0) is 114 Å². The number of carbonyl (C=O) groups is 2. The zero-order valence-corrected chi connectivity index (χ0v) is 98.3. The zero-order chi connectivity index (χ0) is 100. The number of aliphatic hydroxyl groups is 6. The van der Waals surface area contributed by atoms with Gasteiger partial charge in [0, 0.05) is 160 Å². The number of hydrogen-bond donors (Lipinski definition) is 6. The number of hydrogen-bond acceptors (Lipinski definition) is 32. The van der Waals surface area contributed by atoms with Gasteiger partial charge in [0.2, 0.25) is 0 Å². The first-order valence-electron chi connectivity index (χ1n) is 53.1. The first-order chi connectivity index (χ1) is 64.3. The molecule has 6 N–H and O–H groups in total.